The Bertz CT molecular complexity index is 1250. The lowest BCUT2D eigenvalue weighted by molar-refractivity contribution is -0.136. The Morgan fingerprint density at radius 1 is 1.29 bits per heavy atom. The average Bonchev–Trinajstić information content (AvgIpc) is 3.53. The van der Waals surface area contributed by atoms with Gasteiger partial charge in [-0.15, -0.1) is 0 Å². The maximum Gasteiger partial charge on any atom is 0.420 e. The maximum atomic E-state index is 13.8. The summed E-state index contributed by atoms with van der Waals surface area (Å²) in [5.41, 5.74) is -1.02. The molecule has 8 nitrogen and oxygen atoms in total. The van der Waals surface area contributed by atoms with E-state index < -0.39 is 23.3 Å². The lowest BCUT2D eigenvalue weighted by Crippen LogP contribution is -2.29. The lowest BCUT2D eigenvalue weighted by atomic mass is 10.1. The van der Waals surface area contributed by atoms with Gasteiger partial charge in [-0.1, -0.05) is 16.8 Å². The van der Waals surface area contributed by atoms with Crippen LogP contribution in [0.15, 0.2) is 46.2 Å². The van der Waals surface area contributed by atoms with E-state index in [2.05, 4.69) is 15.1 Å². The fourth-order valence-electron chi connectivity index (χ4n) is 3.71. The number of fused-ring (bicyclic) bond motifs is 1. The van der Waals surface area contributed by atoms with Gasteiger partial charge in [0.2, 0.25) is 6.39 Å². The highest BCUT2D eigenvalue weighted by atomic mass is 35.5. The molecule has 12 heteroatoms. The Labute approximate surface area is 177 Å². The van der Waals surface area contributed by atoms with Crippen molar-refractivity contribution in [1.29, 1.82) is 0 Å². The van der Waals surface area contributed by atoms with Crippen molar-refractivity contribution in [2.24, 2.45) is 0 Å². The number of hydrogen-bond acceptors (Lipinski definition) is 6. The minimum atomic E-state index is -4.70. The molecule has 1 atom stereocenters. The number of hydrogen-bond donors (Lipinski definition) is 0. The van der Waals surface area contributed by atoms with Crippen molar-refractivity contribution in [3.63, 3.8) is 0 Å². The van der Waals surface area contributed by atoms with E-state index in [1.54, 1.807) is 0 Å². The summed E-state index contributed by atoms with van der Waals surface area (Å²) in [7, 11) is 0. The second-order valence-electron chi connectivity index (χ2n) is 7.12. The Morgan fingerprint density at radius 3 is 2.81 bits per heavy atom. The largest absolute Gasteiger partial charge is 0.472 e. The summed E-state index contributed by atoms with van der Waals surface area (Å²) in [5, 5.41) is 3.59. The van der Waals surface area contributed by atoms with Gasteiger partial charge in [0.1, 0.15) is 5.15 Å². The summed E-state index contributed by atoms with van der Waals surface area (Å²) in [4.78, 5) is 22.5. The standard InChI is InChI=1S/C19H13ClF3N5O3/c20-15-14(18(29)27-3-1-10(6-27)16-24-9-31-26-16)25-17-13(19(21,22)23)5-12(7-28(15)17)11-2-4-30-8-11/h2,4-5,7-10H,1,3,6H2. The van der Waals surface area contributed by atoms with Crippen molar-refractivity contribution in [3.8, 4) is 11.1 Å². The molecule has 0 spiro atoms. The molecular weight excluding hydrogens is 439 g/mol. The number of carbonyl (C=O) groups is 1. The van der Waals surface area contributed by atoms with E-state index in [0.29, 0.717) is 24.4 Å². The van der Waals surface area contributed by atoms with Gasteiger partial charge in [0.05, 0.1) is 18.1 Å². The van der Waals surface area contributed by atoms with Gasteiger partial charge in [0.15, 0.2) is 17.2 Å². The van der Waals surface area contributed by atoms with E-state index in [4.69, 9.17) is 20.5 Å². The van der Waals surface area contributed by atoms with Crippen LogP contribution >= 0.6 is 11.6 Å². The van der Waals surface area contributed by atoms with Crippen LogP contribution in [-0.2, 0) is 6.18 Å². The first-order valence-corrected chi connectivity index (χ1v) is 9.57. The predicted molar refractivity (Wildman–Crippen MR) is 100 cm³/mol. The molecule has 1 aliphatic rings. The van der Waals surface area contributed by atoms with E-state index in [0.717, 1.165) is 10.5 Å². The molecule has 4 aromatic heterocycles. The van der Waals surface area contributed by atoms with Crippen LogP contribution in [0.5, 0.6) is 0 Å². The highest BCUT2D eigenvalue weighted by molar-refractivity contribution is 6.33. The minimum Gasteiger partial charge on any atom is -0.472 e. The third-order valence-electron chi connectivity index (χ3n) is 5.24. The Balaban J connectivity index is 1.56. The summed E-state index contributed by atoms with van der Waals surface area (Å²) in [6.45, 7) is 0.656. The topological polar surface area (TPSA) is 89.7 Å². The van der Waals surface area contributed by atoms with Gasteiger partial charge in [-0.3, -0.25) is 9.20 Å². The van der Waals surface area contributed by atoms with E-state index >= 15 is 0 Å². The molecule has 5 heterocycles. The van der Waals surface area contributed by atoms with Gasteiger partial charge in [0, 0.05) is 36.3 Å². The number of aromatic nitrogens is 4. The van der Waals surface area contributed by atoms with Gasteiger partial charge in [-0.25, -0.2) is 4.98 Å². The second-order valence-corrected chi connectivity index (χ2v) is 7.48. The predicted octanol–water partition coefficient (Wildman–Crippen LogP) is 4.28. The van der Waals surface area contributed by atoms with Gasteiger partial charge in [0.25, 0.3) is 5.91 Å². The number of halogens is 4. The monoisotopic (exact) mass is 451 g/mol. The molecule has 160 valence electrons. The molecule has 1 aliphatic heterocycles. The maximum absolute atomic E-state index is 13.8. The van der Waals surface area contributed by atoms with Crippen molar-refractivity contribution in [2.75, 3.05) is 13.1 Å². The zero-order valence-electron chi connectivity index (χ0n) is 15.6. The van der Waals surface area contributed by atoms with Crippen LogP contribution in [0.25, 0.3) is 16.8 Å². The Morgan fingerprint density at radius 2 is 2.13 bits per heavy atom. The molecule has 0 bridgehead atoms. The molecule has 4 aromatic rings. The molecule has 1 saturated heterocycles. The quantitative estimate of drug-likeness (QED) is 0.462. The van der Waals surface area contributed by atoms with Crippen molar-refractivity contribution in [1.82, 2.24) is 24.4 Å². The van der Waals surface area contributed by atoms with Crippen molar-refractivity contribution in [3.05, 3.63) is 59.5 Å². The summed E-state index contributed by atoms with van der Waals surface area (Å²) in [6.07, 6.45) is 1.16. The number of imidazole rings is 1. The molecule has 0 N–H and O–H groups in total. The fourth-order valence-corrected chi connectivity index (χ4v) is 3.96. The molecule has 1 fully saturated rings. The third-order valence-corrected chi connectivity index (χ3v) is 5.60. The smallest absolute Gasteiger partial charge is 0.420 e. The zero-order valence-corrected chi connectivity index (χ0v) is 16.4. The van der Waals surface area contributed by atoms with Crippen LogP contribution in [0.4, 0.5) is 13.2 Å². The van der Waals surface area contributed by atoms with Gasteiger partial charge < -0.3 is 13.8 Å². The molecule has 0 aromatic carbocycles. The lowest BCUT2D eigenvalue weighted by Gasteiger charge is -2.14. The third kappa shape index (κ3) is 3.34. The van der Waals surface area contributed by atoms with Crippen molar-refractivity contribution < 1.29 is 26.9 Å². The number of carbonyl (C=O) groups excluding carboxylic acids is 1. The summed E-state index contributed by atoms with van der Waals surface area (Å²) < 4.78 is 52.0. The van der Waals surface area contributed by atoms with Crippen LogP contribution < -0.4 is 0 Å². The number of nitrogens with zero attached hydrogens (tertiary/aromatic N) is 5. The number of likely N-dealkylation sites (tertiary alicyclic amines) is 1. The number of amides is 1. The number of rotatable bonds is 3. The normalized spacial score (nSPS) is 17.0. The summed E-state index contributed by atoms with van der Waals surface area (Å²) >= 11 is 6.34. The molecule has 1 unspecified atom stereocenters. The van der Waals surface area contributed by atoms with Crippen LogP contribution in [0.1, 0.15) is 34.2 Å². The number of alkyl halides is 3. The minimum absolute atomic E-state index is 0.128. The second kappa shape index (κ2) is 7.12. The number of furan rings is 1. The van der Waals surface area contributed by atoms with Crippen LogP contribution in [0.2, 0.25) is 5.15 Å². The Hall–Kier alpha value is -3.34. The highest BCUT2D eigenvalue weighted by Crippen LogP contribution is 2.37. The van der Waals surface area contributed by atoms with Crippen LogP contribution in [-0.4, -0.2) is 43.4 Å². The zero-order chi connectivity index (χ0) is 21.8. The molecule has 5 rings (SSSR count). The molecule has 1 amide bonds. The molecular formula is C19H13ClF3N5O3. The SMILES string of the molecule is O=C(c1nc2c(C(F)(F)F)cc(-c3ccoc3)cn2c1Cl)N1CCC(c2ncon2)C1. The van der Waals surface area contributed by atoms with Crippen LogP contribution in [0.3, 0.4) is 0 Å². The molecule has 0 aliphatic carbocycles. The first-order chi connectivity index (χ1) is 14.8. The van der Waals surface area contributed by atoms with Crippen molar-refractivity contribution in [2.45, 2.75) is 18.5 Å². The van der Waals surface area contributed by atoms with E-state index in [9.17, 15) is 18.0 Å². The Kier molecular flexibility index (Phi) is 4.50. The van der Waals surface area contributed by atoms with E-state index in [1.165, 1.54) is 36.1 Å². The van der Waals surface area contributed by atoms with Gasteiger partial charge >= 0.3 is 6.18 Å². The summed E-state index contributed by atoms with van der Waals surface area (Å²) in [6, 6.07) is 2.49. The van der Waals surface area contributed by atoms with Gasteiger partial charge in [-0.05, 0) is 18.6 Å². The fraction of sp³-hybridized carbons (Fsp3) is 0.263. The molecule has 31 heavy (non-hydrogen) atoms. The first kappa shape index (κ1) is 19.6. The van der Waals surface area contributed by atoms with E-state index in [-0.39, 0.29) is 28.9 Å². The summed E-state index contributed by atoms with van der Waals surface area (Å²) in [5.74, 6) is -0.213. The molecule has 0 radical (unpaired) electrons. The first-order valence-electron chi connectivity index (χ1n) is 9.20. The van der Waals surface area contributed by atoms with E-state index in [1.807, 2.05) is 0 Å². The van der Waals surface area contributed by atoms with Crippen LogP contribution in [0, 0.1) is 0 Å². The van der Waals surface area contributed by atoms with Gasteiger partial charge in [-0.2, -0.15) is 18.2 Å². The average molecular weight is 452 g/mol. The highest BCUT2D eigenvalue weighted by Gasteiger charge is 2.37. The molecule has 0 saturated carbocycles. The number of pyridine rings is 1. The van der Waals surface area contributed by atoms with Crippen molar-refractivity contribution >= 4 is 23.2 Å².